The minimum Gasteiger partial charge on any atom is -0.444 e. The zero-order valence-electron chi connectivity index (χ0n) is 10.3. The van der Waals surface area contributed by atoms with Gasteiger partial charge < -0.3 is 10.1 Å². The normalized spacial score (nSPS) is 11.0. The monoisotopic (exact) mass is 239 g/mol. The summed E-state index contributed by atoms with van der Waals surface area (Å²) in [6, 6.07) is 1.73. The third kappa shape index (κ3) is 5.14. The highest BCUT2D eigenvalue weighted by molar-refractivity contribution is 5.67. The molecule has 1 amide bonds. The van der Waals surface area contributed by atoms with E-state index < -0.39 is 11.7 Å². The summed E-state index contributed by atoms with van der Waals surface area (Å²) in [4.78, 5) is 21.7. The summed E-state index contributed by atoms with van der Waals surface area (Å²) in [5, 5.41) is 6.57. The lowest BCUT2D eigenvalue weighted by Gasteiger charge is -2.19. The first-order chi connectivity index (χ1) is 7.90. The molecule has 17 heavy (non-hydrogen) atoms. The molecule has 0 fully saturated rings. The third-order valence-corrected chi connectivity index (χ3v) is 1.82. The Kier molecular flexibility index (Phi) is 4.25. The van der Waals surface area contributed by atoms with Gasteiger partial charge in [0.05, 0.1) is 5.69 Å². The molecule has 0 unspecified atom stereocenters. The van der Waals surface area contributed by atoms with E-state index in [9.17, 15) is 9.59 Å². The smallest absolute Gasteiger partial charge is 0.407 e. The predicted molar refractivity (Wildman–Crippen MR) is 62.3 cm³/mol. The minimum atomic E-state index is -0.497. The maximum atomic E-state index is 11.3. The molecule has 0 spiro atoms. The molecule has 0 aliphatic carbocycles. The number of alkyl carbamates (subject to hydrolysis) is 1. The van der Waals surface area contributed by atoms with Crippen LogP contribution >= 0.6 is 0 Å². The number of amides is 1. The van der Waals surface area contributed by atoms with Gasteiger partial charge in [0, 0.05) is 19.2 Å². The van der Waals surface area contributed by atoms with E-state index in [1.54, 1.807) is 33.0 Å². The van der Waals surface area contributed by atoms with Crippen molar-refractivity contribution >= 4 is 12.5 Å². The number of carbonyl (C=O) groups excluding carboxylic acids is 2. The van der Waals surface area contributed by atoms with Crippen LogP contribution in [0.5, 0.6) is 0 Å². The Balaban J connectivity index is 2.28. The first-order valence-electron chi connectivity index (χ1n) is 5.37. The summed E-state index contributed by atoms with van der Waals surface area (Å²) < 4.78 is 6.25. The Morgan fingerprint density at radius 2 is 2.29 bits per heavy atom. The molecule has 6 nitrogen and oxygen atoms in total. The van der Waals surface area contributed by atoms with Gasteiger partial charge in [0.1, 0.15) is 5.60 Å². The van der Waals surface area contributed by atoms with Crippen molar-refractivity contribution in [3.05, 3.63) is 18.0 Å². The molecule has 94 valence electrons. The highest BCUT2D eigenvalue weighted by Gasteiger charge is 2.15. The average Bonchev–Trinajstić information content (AvgIpc) is 2.63. The van der Waals surface area contributed by atoms with Gasteiger partial charge >= 0.3 is 6.09 Å². The van der Waals surface area contributed by atoms with Crippen molar-refractivity contribution in [1.29, 1.82) is 0 Å². The van der Waals surface area contributed by atoms with E-state index in [1.165, 1.54) is 4.68 Å². The standard InChI is InChI=1S/C11H17N3O3/c1-11(2,3)17-10(16)12-6-4-9-5-7-14(8-15)13-9/h5,7-8H,4,6H2,1-3H3,(H,12,16). The topological polar surface area (TPSA) is 73.2 Å². The fraction of sp³-hybridized carbons (Fsp3) is 0.545. The highest BCUT2D eigenvalue weighted by atomic mass is 16.6. The van der Waals surface area contributed by atoms with Crippen molar-refractivity contribution in [1.82, 2.24) is 15.1 Å². The summed E-state index contributed by atoms with van der Waals surface area (Å²) in [5.74, 6) is 0. The van der Waals surface area contributed by atoms with Crippen LogP contribution < -0.4 is 5.32 Å². The van der Waals surface area contributed by atoms with E-state index >= 15 is 0 Å². The Morgan fingerprint density at radius 1 is 1.59 bits per heavy atom. The van der Waals surface area contributed by atoms with Crippen molar-refractivity contribution in [3.63, 3.8) is 0 Å². The summed E-state index contributed by atoms with van der Waals surface area (Å²) in [7, 11) is 0. The number of nitrogens with one attached hydrogen (secondary N) is 1. The van der Waals surface area contributed by atoms with Gasteiger partial charge in [0.2, 0.25) is 6.41 Å². The predicted octanol–water partition coefficient (Wildman–Crippen LogP) is 0.989. The zero-order valence-corrected chi connectivity index (χ0v) is 10.3. The zero-order chi connectivity index (χ0) is 12.9. The van der Waals surface area contributed by atoms with E-state index in [0.29, 0.717) is 19.4 Å². The number of rotatable bonds is 4. The molecule has 0 radical (unpaired) electrons. The molecule has 1 aromatic rings. The number of hydrogen-bond donors (Lipinski definition) is 1. The van der Waals surface area contributed by atoms with E-state index in [1.807, 2.05) is 0 Å². The second-order valence-electron chi connectivity index (χ2n) is 4.57. The quantitative estimate of drug-likeness (QED) is 0.795. The van der Waals surface area contributed by atoms with Gasteiger partial charge in [-0.3, -0.25) is 4.79 Å². The van der Waals surface area contributed by atoms with Crippen molar-refractivity contribution in [3.8, 4) is 0 Å². The van der Waals surface area contributed by atoms with Crippen molar-refractivity contribution < 1.29 is 14.3 Å². The first-order valence-corrected chi connectivity index (χ1v) is 5.37. The molecule has 0 aliphatic heterocycles. The molecule has 0 aliphatic rings. The Hall–Kier alpha value is -1.85. The number of hydrogen-bond acceptors (Lipinski definition) is 4. The molecule has 1 rings (SSSR count). The molecular formula is C11H17N3O3. The van der Waals surface area contributed by atoms with Crippen LogP contribution in [0.3, 0.4) is 0 Å². The lowest BCUT2D eigenvalue weighted by atomic mass is 10.2. The van der Waals surface area contributed by atoms with Gasteiger partial charge in [0.25, 0.3) is 0 Å². The van der Waals surface area contributed by atoms with Gasteiger partial charge in [-0.25, -0.2) is 9.48 Å². The molecule has 6 heteroatoms. The molecule has 1 heterocycles. The third-order valence-electron chi connectivity index (χ3n) is 1.82. The van der Waals surface area contributed by atoms with Crippen molar-refractivity contribution in [2.75, 3.05) is 6.54 Å². The largest absolute Gasteiger partial charge is 0.444 e. The fourth-order valence-corrected chi connectivity index (χ4v) is 1.18. The molecule has 0 aromatic carbocycles. The van der Waals surface area contributed by atoms with Gasteiger partial charge in [-0.1, -0.05) is 0 Å². The van der Waals surface area contributed by atoms with E-state index in [4.69, 9.17) is 4.74 Å². The molecular weight excluding hydrogens is 222 g/mol. The SMILES string of the molecule is CC(C)(C)OC(=O)NCCc1ccn(C=O)n1. The maximum absolute atomic E-state index is 11.3. The minimum absolute atomic E-state index is 0.421. The van der Waals surface area contributed by atoms with Crippen LogP contribution in [0, 0.1) is 0 Å². The molecule has 0 saturated carbocycles. The van der Waals surface area contributed by atoms with Crippen LogP contribution in [0.4, 0.5) is 4.79 Å². The number of carbonyl (C=O) groups is 2. The highest BCUT2D eigenvalue weighted by Crippen LogP contribution is 2.06. The summed E-state index contributed by atoms with van der Waals surface area (Å²) in [5.41, 5.74) is 0.247. The molecule has 1 N–H and O–H groups in total. The van der Waals surface area contributed by atoms with Crippen molar-refractivity contribution in [2.45, 2.75) is 32.8 Å². The van der Waals surface area contributed by atoms with E-state index in [-0.39, 0.29) is 0 Å². The maximum Gasteiger partial charge on any atom is 0.407 e. The molecule has 1 aromatic heterocycles. The molecule has 0 bridgehead atoms. The van der Waals surface area contributed by atoms with Gasteiger partial charge in [-0.05, 0) is 26.8 Å². The van der Waals surface area contributed by atoms with Crippen LogP contribution in [-0.4, -0.2) is 34.4 Å². The Morgan fingerprint density at radius 3 is 2.82 bits per heavy atom. The second kappa shape index (κ2) is 5.47. The van der Waals surface area contributed by atoms with E-state index in [2.05, 4.69) is 10.4 Å². The summed E-state index contributed by atoms with van der Waals surface area (Å²) in [6.07, 6.45) is 2.29. The van der Waals surface area contributed by atoms with Crippen LogP contribution in [0.2, 0.25) is 0 Å². The van der Waals surface area contributed by atoms with Crippen LogP contribution in [0.15, 0.2) is 12.3 Å². The fourth-order valence-electron chi connectivity index (χ4n) is 1.18. The Bertz CT molecular complexity index is 393. The van der Waals surface area contributed by atoms with Gasteiger partial charge in [-0.2, -0.15) is 5.10 Å². The second-order valence-corrected chi connectivity index (χ2v) is 4.57. The number of aromatic nitrogens is 2. The lowest BCUT2D eigenvalue weighted by Crippen LogP contribution is -2.33. The van der Waals surface area contributed by atoms with Crippen LogP contribution in [0.1, 0.15) is 26.5 Å². The molecule has 0 saturated heterocycles. The van der Waals surface area contributed by atoms with Gasteiger partial charge in [0.15, 0.2) is 0 Å². The summed E-state index contributed by atoms with van der Waals surface area (Å²) >= 11 is 0. The average molecular weight is 239 g/mol. The number of ether oxygens (including phenoxy) is 1. The lowest BCUT2D eigenvalue weighted by molar-refractivity contribution is 0.0528. The number of nitrogens with zero attached hydrogens (tertiary/aromatic N) is 2. The molecule has 0 atom stereocenters. The van der Waals surface area contributed by atoms with Gasteiger partial charge in [-0.15, -0.1) is 0 Å². The summed E-state index contributed by atoms with van der Waals surface area (Å²) in [6.45, 7) is 5.83. The Labute approximate surface area is 99.9 Å². The van der Waals surface area contributed by atoms with Crippen molar-refractivity contribution in [2.24, 2.45) is 0 Å². The van der Waals surface area contributed by atoms with Crippen LogP contribution in [0.25, 0.3) is 0 Å². The van der Waals surface area contributed by atoms with E-state index in [0.717, 1.165) is 5.69 Å². The van der Waals surface area contributed by atoms with Crippen LogP contribution in [-0.2, 0) is 16.0 Å². The first kappa shape index (κ1) is 13.2.